The third-order valence-electron chi connectivity index (χ3n) is 8.13. The van der Waals surface area contributed by atoms with E-state index in [2.05, 4.69) is 30.9 Å². The van der Waals surface area contributed by atoms with Gasteiger partial charge in [0.1, 0.15) is 0 Å². The van der Waals surface area contributed by atoms with Gasteiger partial charge in [-0.05, 0) is 93.5 Å². The van der Waals surface area contributed by atoms with Crippen LogP contribution in [0.5, 0.6) is 0 Å². The summed E-state index contributed by atoms with van der Waals surface area (Å²) >= 11 is 0. The molecule has 0 unspecified atom stereocenters. The fraction of sp³-hybridized carbons (Fsp3) is 0.750. The quantitative estimate of drug-likeness (QED) is 0.784. The van der Waals surface area contributed by atoms with Gasteiger partial charge < -0.3 is 10.0 Å². The van der Waals surface area contributed by atoms with Crippen molar-refractivity contribution >= 4 is 9.84 Å². The average molecular weight is 420 g/mol. The maximum Gasteiger partial charge on any atom is 0.150 e. The predicted molar refractivity (Wildman–Crippen MR) is 118 cm³/mol. The Hall–Kier alpha value is -0.910. The second kappa shape index (κ2) is 7.97. The molecule has 4 nitrogen and oxygen atoms in total. The Balaban J connectivity index is 1.39. The number of sulfone groups is 1. The Bertz CT molecular complexity index is 822. The topological polar surface area (TPSA) is 57.6 Å². The Labute approximate surface area is 176 Å². The maximum absolute atomic E-state index is 11.8. The number of aryl methyl sites for hydroxylation is 2. The molecule has 3 fully saturated rings. The molecule has 3 aliphatic rings. The van der Waals surface area contributed by atoms with E-state index in [1.54, 1.807) is 0 Å². The van der Waals surface area contributed by atoms with Gasteiger partial charge >= 0.3 is 0 Å². The van der Waals surface area contributed by atoms with E-state index in [0.717, 1.165) is 18.0 Å². The minimum absolute atomic E-state index is 0.0856. The summed E-state index contributed by atoms with van der Waals surface area (Å²) < 4.78 is 23.6. The predicted octanol–water partition coefficient (Wildman–Crippen LogP) is 3.98. The van der Waals surface area contributed by atoms with Crippen LogP contribution in [0.1, 0.15) is 75.0 Å². The first kappa shape index (κ1) is 21.3. The van der Waals surface area contributed by atoms with Gasteiger partial charge in [-0.3, -0.25) is 0 Å². The van der Waals surface area contributed by atoms with Crippen molar-refractivity contribution in [1.82, 2.24) is 4.90 Å². The second-order valence-electron chi connectivity index (χ2n) is 10.3. The van der Waals surface area contributed by atoms with Crippen molar-refractivity contribution < 1.29 is 13.5 Å². The summed E-state index contributed by atoms with van der Waals surface area (Å²) in [7, 11) is -2.99. The van der Waals surface area contributed by atoms with Gasteiger partial charge in [0.25, 0.3) is 0 Å². The van der Waals surface area contributed by atoms with Crippen molar-refractivity contribution in [3.63, 3.8) is 0 Å². The molecule has 29 heavy (non-hydrogen) atoms. The molecule has 1 N–H and O–H groups in total. The first-order valence-corrected chi connectivity index (χ1v) is 13.3. The van der Waals surface area contributed by atoms with E-state index in [4.69, 9.17) is 0 Å². The molecule has 0 aromatic heterocycles. The number of aliphatic hydroxyl groups is 1. The molecule has 0 spiro atoms. The van der Waals surface area contributed by atoms with Crippen LogP contribution in [0, 0.1) is 12.3 Å². The fourth-order valence-corrected chi connectivity index (χ4v) is 6.76. The molecule has 1 saturated carbocycles. The van der Waals surface area contributed by atoms with Crippen molar-refractivity contribution in [2.24, 2.45) is 5.41 Å². The molecule has 2 heterocycles. The van der Waals surface area contributed by atoms with Crippen LogP contribution < -0.4 is 0 Å². The number of hydrogen-bond acceptors (Lipinski definition) is 4. The van der Waals surface area contributed by atoms with Gasteiger partial charge in [0.15, 0.2) is 9.84 Å². The molecule has 0 amide bonds. The van der Waals surface area contributed by atoms with Gasteiger partial charge in [0.05, 0.1) is 17.1 Å². The zero-order valence-corrected chi connectivity index (χ0v) is 18.9. The SMILES string of the molecule is Cc1ccc(C2(O)CCS(=O)(=O)CC2)cc1CCC1(C)CCN(C2CCC2)CC1. The second-order valence-corrected chi connectivity index (χ2v) is 12.6. The van der Waals surface area contributed by atoms with E-state index < -0.39 is 15.4 Å². The van der Waals surface area contributed by atoms with Gasteiger partial charge in [-0.15, -0.1) is 0 Å². The van der Waals surface area contributed by atoms with Gasteiger partial charge in [-0.25, -0.2) is 8.42 Å². The summed E-state index contributed by atoms with van der Waals surface area (Å²) in [6.45, 7) is 7.09. The molecule has 0 bridgehead atoms. The lowest BCUT2D eigenvalue weighted by molar-refractivity contribution is 0.0262. The largest absolute Gasteiger partial charge is 0.385 e. The number of rotatable bonds is 5. The minimum Gasteiger partial charge on any atom is -0.385 e. The Morgan fingerprint density at radius 2 is 1.76 bits per heavy atom. The van der Waals surface area contributed by atoms with Gasteiger partial charge in [0.2, 0.25) is 0 Å². The summed E-state index contributed by atoms with van der Waals surface area (Å²) in [5.41, 5.74) is 2.89. The van der Waals surface area contributed by atoms with Crippen molar-refractivity contribution in [3.05, 3.63) is 34.9 Å². The van der Waals surface area contributed by atoms with Crippen molar-refractivity contribution in [3.8, 4) is 0 Å². The number of benzene rings is 1. The van der Waals surface area contributed by atoms with E-state index in [1.165, 1.54) is 62.7 Å². The highest BCUT2D eigenvalue weighted by Crippen LogP contribution is 2.39. The molecule has 2 saturated heterocycles. The maximum atomic E-state index is 11.8. The monoisotopic (exact) mass is 419 g/mol. The minimum atomic E-state index is -2.99. The number of piperidine rings is 1. The molecule has 5 heteroatoms. The van der Waals surface area contributed by atoms with E-state index in [1.807, 2.05) is 6.07 Å². The lowest BCUT2D eigenvalue weighted by Crippen LogP contribution is -2.47. The zero-order chi connectivity index (χ0) is 20.7. The average Bonchev–Trinajstić information content (AvgIpc) is 2.64. The highest BCUT2D eigenvalue weighted by molar-refractivity contribution is 7.91. The Kier molecular flexibility index (Phi) is 5.86. The smallest absolute Gasteiger partial charge is 0.150 e. The first-order valence-electron chi connectivity index (χ1n) is 11.5. The number of hydrogen-bond donors (Lipinski definition) is 1. The number of likely N-dealkylation sites (tertiary alicyclic amines) is 1. The third kappa shape index (κ3) is 4.72. The lowest BCUT2D eigenvalue weighted by Gasteiger charge is -2.45. The van der Waals surface area contributed by atoms with E-state index in [0.29, 0.717) is 18.3 Å². The van der Waals surface area contributed by atoms with E-state index in [9.17, 15) is 13.5 Å². The standard InChI is InChI=1S/C24H37NO3S/c1-19-6-7-21(24(26)12-16-29(27,28)17-13-24)18-20(19)8-9-23(2)10-14-25(15-11-23)22-4-3-5-22/h6-7,18,22,26H,3-5,8-17H2,1-2H3. The van der Waals surface area contributed by atoms with Crippen LogP contribution in [0.3, 0.4) is 0 Å². The van der Waals surface area contributed by atoms with Crippen LogP contribution in [0.25, 0.3) is 0 Å². The first-order chi connectivity index (χ1) is 13.7. The molecule has 1 aromatic carbocycles. The molecule has 1 aliphatic carbocycles. The van der Waals surface area contributed by atoms with Crippen molar-refractivity contribution in [2.75, 3.05) is 24.6 Å². The van der Waals surface area contributed by atoms with Gasteiger partial charge in [-0.2, -0.15) is 0 Å². The number of nitrogens with zero attached hydrogens (tertiary/aromatic N) is 1. The third-order valence-corrected chi connectivity index (χ3v) is 9.79. The Morgan fingerprint density at radius 3 is 2.34 bits per heavy atom. The highest BCUT2D eigenvalue weighted by Gasteiger charge is 2.37. The highest BCUT2D eigenvalue weighted by atomic mass is 32.2. The Morgan fingerprint density at radius 1 is 1.10 bits per heavy atom. The lowest BCUT2D eigenvalue weighted by atomic mass is 9.74. The van der Waals surface area contributed by atoms with E-state index >= 15 is 0 Å². The molecule has 4 rings (SSSR count). The van der Waals surface area contributed by atoms with Gasteiger partial charge in [0, 0.05) is 6.04 Å². The van der Waals surface area contributed by atoms with Crippen LogP contribution in [-0.4, -0.2) is 49.1 Å². The van der Waals surface area contributed by atoms with Crippen LogP contribution in [0.4, 0.5) is 0 Å². The van der Waals surface area contributed by atoms with E-state index in [-0.39, 0.29) is 11.5 Å². The summed E-state index contributed by atoms with van der Waals surface area (Å²) in [6.07, 6.45) is 9.61. The van der Waals surface area contributed by atoms with Crippen LogP contribution in [-0.2, 0) is 21.9 Å². The van der Waals surface area contributed by atoms with Crippen LogP contribution in [0.15, 0.2) is 18.2 Å². The summed E-state index contributed by atoms with van der Waals surface area (Å²) in [5, 5.41) is 11.1. The molecule has 0 atom stereocenters. The summed E-state index contributed by atoms with van der Waals surface area (Å²) in [6, 6.07) is 7.11. The molecule has 2 aliphatic heterocycles. The molecule has 162 valence electrons. The zero-order valence-electron chi connectivity index (χ0n) is 18.1. The molecular weight excluding hydrogens is 382 g/mol. The van der Waals surface area contributed by atoms with Gasteiger partial charge in [-0.1, -0.05) is 31.5 Å². The summed E-state index contributed by atoms with van der Waals surface area (Å²) in [5.74, 6) is 0.171. The van der Waals surface area contributed by atoms with Crippen molar-refractivity contribution in [2.45, 2.75) is 83.3 Å². The van der Waals surface area contributed by atoms with Crippen LogP contribution in [0.2, 0.25) is 0 Å². The molecule has 0 radical (unpaired) electrons. The summed E-state index contributed by atoms with van der Waals surface area (Å²) in [4.78, 5) is 2.71. The molecule has 1 aromatic rings. The van der Waals surface area contributed by atoms with Crippen LogP contribution >= 0.6 is 0 Å². The molecular formula is C24H37NO3S. The van der Waals surface area contributed by atoms with Crippen molar-refractivity contribution in [1.29, 1.82) is 0 Å². The fourth-order valence-electron chi connectivity index (χ4n) is 5.26. The normalized spacial score (nSPS) is 26.7.